The summed E-state index contributed by atoms with van der Waals surface area (Å²) in [5, 5.41) is 9.46. The zero-order valence-electron chi connectivity index (χ0n) is 10.7. The lowest BCUT2D eigenvalue weighted by molar-refractivity contribution is 0.0701. The summed E-state index contributed by atoms with van der Waals surface area (Å²) in [6, 6.07) is 0. The van der Waals surface area contributed by atoms with Gasteiger partial charge in [0.15, 0.2) is 0 Å². The standard InChI is InChI=1S/C12H14N2O4S/c1-7-8-10(19-9(7)12(16)17)13-6-14(11(8)15)4-3-5-18-2/h6H,3-5H2,1-2H3,(H,16,17). The smallest absolute Gasteiger partial charge is 0.346 e. The van der Waals surface area contributed by atoms with Crippen LogP contribution in [0.25, 0.3) is 10.2 Å². The largest absolute Gasteiger partial charge is 0.477 e. The average Bonchev–Trinajstić information content (AvgIpc) is 2.71. The minimum absolute atomic E-state index is 0.175. The van der Waals surface area contributed by atoms with Gasteiger partial charge in [0.2, 0.25) is 0 Å². The molecular weight excluding hydrogens is 268 g/mol. The van der Waals surface area contributed by atoms with E-state index in [9.17, 15) is 9.59 Å². The van der Waals surface area contributed by atoms with Gasteiger partial charge in [0, 0.05) is 20.3 Å². The van der Waals surface area contributed by atoms with Crippen molar-refractivity contribution in [2.45, 2.75) is 19.9 Å². The zero-order chi connectivity index (χ0) is 14.0. The van der Waals surface area contributed by atoms with E-state index in [2.05, 4.69) is 4.98 Å². The molecule has 2 rings (SSSR count). The number of carbonyl (C=O) groups is 1. The van der Waals surface area contributed by atoms with Gasteiger partial charge in [0.1, 0.15) is 9.71 Å². The van der Waals surface area contributed by atoms with Gasteiger partial charge in [-0.3, -0.25) is 9.36 Å². The normalized spacial score (nSPS) is 11.1. The van der Waals surface area contributed by atoms with Crippen LogP contribution in [0, 0.1) is 6.92 Å². The Hall–Kier alpha value is -1.73. The number of ether oxygens (including phenoxy) is 1. The highest BCUT2D eigenvalue weighted by Gasteiger charge is 2.18. The topological polar surface area (TPSA) is 81.4 Å². The maximum atomic E-state index is 12.3. The molecule has 6 nitrogen and oxygen atoms in total. The number of aryl methyl sites for hydroxylation is 2. The minimum atomic E-state index is -1.02. The molecule has 0 spiro atoms. The first-order chi connectivity index (χ1) is 9.06. The fourth-order valence-electron chi connectivity index (χ4n) is 1.90. The van der Waals surface area contributed by atoms with Crippen LogP contribution in [0.5, 0.6) is 0 Å². The molecule has 1 N–H and O–H groups in total. The highest BCUT2D eigenvalue weighted by atomic mass is 32.1. The number of fused-ring (bicyclic) bond motifs is 1. The number of hydrogen-bond donors (Lipinski definition) is 1. The molecule has 0 aromatic carbocycles. The molecule has 102 valence electrons. The summed E-state index contributed by atoms with van der Waals surface area (Å²) in [4.78, 5) is 28.1. The fourth-order valence-corrected chi connectivity index (χ4v) is 2.88. The van der Waals surface area contributed by atoms with E-state index in [1.807, 2.05) is 0 Å². The quantitative estimate of drug-likeness (QED) is 0.840. The first-order valence-corrected chi connectivity index (χ1v) is 6.58. The van der Waals surface area contributed by atoms with Gasteiger partial charge in [0.05, 0.1) is 11.7 Å². The second-order valence-electron chi connectivity index (χ2n) is 4.13. The Morgan fingerprint density at radius 1 is 1.58 bits per heavy atom. The van der Waals surface area contributed by atoms with Crippen LogP contribution in [-0.4, -0.2) is 34.3 Å². The zero-order valence-corrected chi connectivity index (χ0v) is 11.5. The van der Waals surface area contributed by atoms with Gasteiger partial charge in [-0.1, -0.05) is 0 Å². The maximum absolute atomic E-state index is 12.3. The molecule has 0 aliphatic heterocycles. The molecule has 0 amide bonds. The predicted octanol–water partition coefficient (Wildman–Crippen LogP) is 1.50. The molecular formula is C12H14N2O4S. The van der Waals surface area contributed by atoms with Crippen molar-refractivity contribution in [3.8, 4) is 0 Å². The monoisotopic (exact) mass is 282 g/mol. The summed E-state index contributed by atoms with van der Waals surface area (Å²) >= 11 is 1.03. The lowest BCUT2D eigenvalue weighted by Gasteiger charge is -2.04. The third-order valence-corrected chi connectivity index (χ3v) is 4.05. The van der Waals surface area contributed by atoms with E-state index >= 15 is 0 Å². The molecule has 0 saturated heterocycles. The van der Waals surface area contributed by atoms with Crippen molar-refractivity contribution in [2.75, 3.05) is 13.7 Å². The summed E-state index contributed by atoms with van der Waals surface area (Å²) in [6.45, 7) is 2.71. The van der Waals surface area contributed by atoms with E-state index in [4.69, 9.17) is 9.84 Å². The van der Waals surface area contributed by atoms with Crippen molar-refractivity contribution in [1.82, 2.24) is 9.55 Å². The summed E-state index contributed by atoms with van der Waals surface area (Å²) in [7, 11) is 1.60. The van der Waals surface area contributed by atoms with E-state index in [1.165, 1.54) is 10.9 Å². The van der Waals surface area contributed by atoms with Crippen LogP contribution >= 0.6 is 11.3 Å². The molecule has 0 aliphatic carbocycles. The Labute approximate surface area is 113 Å². The SMILES string of the molecule is COCCCn1cnc2sc(C(=O)O)c(C)c2c1=O. The van der Waals surface area contributed by atoms with E-state index in [0.29, 0.717) is 35.4 Å². The van der Waals surface area contributed by atoms with E-state index in [1.54, 1.807) is 14.0 Å². The van der Waals surface area contributed by atoms with Crippen LogP contribution in [0.1, 0.15) is 21.7 Å². The molecule has 0 fully saturated rings. The van der Waals surface area contributed by atoms with Crippen molar-refractivity contribution in [3.05, 3.63) is 27.1 Å². The molecule has 0 radical (unpaired) electrons. The number of aromatic nitrogens is 2. The highest BCUT2D eigenvalue weighted by Crippen LogP contribution is 2.26. The molecule has 2 heterocycles. The van der Waals surface area contributed by atoms with Crippen LogP contribution in [0.3, 0.4) is 0 Å². The first-order valence-electron chi connectivity index (χ1n) is 5.77. The molecule has 19 heavy (non-hydrogen) atoms. The Kier molecular flexibility index (Phi) is 3.96. The van der Waals surface area contributed by atoms with E-state index in [-0.39, 0.29) is 10.4 Å². The third-order valence-electron chi connectivity index (χ3n) is 2.86. The number of hydrogen-bond acceptors (Lipinski definition) is 5. The van der Waals surface area contributed by atoms with Crippen molar-refractivity contribution in [2.24, 2.45) is 0 Å². The molecule has 7 heteroatoms. The van der Waals surface area contributed by atoms with Gasteiger partial charge in [-0.25, -0.2) is 9.78 Å². The number of rotatable bonds is 5. The highest BCUT2D eigenvalue weighted by molar-refractivity contribution is 7.20. The summed E-state index contributed by atoms with van der Waals surface area (Å²) in [6.07, 6.45) is 2.17. The summed E-state index contributed by atoms with van der Waals surface area (Å²) < 4.78 is 6.43. The second-order valence-corrected chi connectivity index (χ2v) is 5.13. The Bertz CT molecular complexity index is 674. The molecule has 0 unspecified atom stereocenters. The number of aromatic carboxylic acids is 1. The van der Waals surface area contributed by atoms with Crippen molar-refractivity contribution >= 4 is 27.5 Å². The number of carboxylic acid groups (broad SMARTS) is 1. The minimum Gasteiger partial charge on any atom is -0.477 e. The van der Waals surface area contributed by atoms with Crippen molar-refractivity contribution < 1.29 is 14.6 Å². The number of carboxylic acids is 1. The van der Waals surface area contributed by atoms with Gasteiger partial charge in [-0.05, 0) is 18.9 Å². The second kappa shape index (κ2) is 5.50. The van der Waals surface area contributed by atoms with Gasteiger partial charge < -0.3 is 9.84 Å². The van der Waals surface area contributed by atoms with E-state index < -0.39 is 5.97 Å². The summed E-state index contributed by atoms with van der Waals surface area (Å²) in [5.74, 6) is -1.02. The van der Waals surface area contributed by atoms with Gasteiger partial charge in [-0.15, -0.1) is 11.3 Å². The molecule has 0 bridgehead atoms. The average molecular weight is 282 g/mol. The van der Waals surface area contributed by atoms with Crippen molar-refractivity contribution in [1.29, 1.82) is 0 Å². The first kappa shape index (κ1) is 13.7. The van der Waals surface area contributed by atoms with Crippen LogP contribution in [0.4, 0.5) is 0 Å². The maximum Gasteiger partial charge on any atom is 0.346 e. The Balaban J connectivity index is 2.49. The van der Waals surface area contributed by atoms with E-state index in [0.717, 1.165) is 11.3 Å². The fraction of sp³-hybridized carbons (Fsp3) is 0.417. The number of thiophene rings is 1. The molecule has 0 aliphatic rings. The molecule has 0 saturated carbocycles. The lowest BCUT2D eigenvalue weighted by atomic mass is 10.2. The van der Waals surface area contributed by atoms with Gasteiger partial charge in [0.25, 0.3) is 5.56 Å². The van der Waals surface area contributed by atoms with Crippen LogP contribution in [0.15, 0.2) is 11.1 Å². The Morgan fingerprint density at radius 2 is 2.32 bits per heavy atom. The molecule has 2 aromatic heterocycles. The third kappa shape index (κ3) is 2.52. The molecule has 0 atom stereocenters. The molecule has 2 aromatic rings. The lowest BCUT2D eigenvalue weighted by Crippen LogP contribution is -2.21. The van der Waals surface area contributed by atoms with Gasteiger partial charge >= 0.3 is 5.97 Å². The Morgan fingerprint density at radius 3 is 2.95 bits per heavy atom. The van der Waals surface area contributed by atoms with Crippen LogP contribution < -0.4 is 5.56 Å². The van der Waals surface area contributed by atoms with Gasteiger partial charge in [-0.2, -0.15) is 0 Å². The number of methoxy groups -OCH3 is 1. The number of nitrogens with zero attached hydrogens (tertiary/aromatic N) is 2. The van der Waals surface area contributed by atoms with Crippen molar-refractivity contribution in [3.63, 3.8) is 0 Å². The van der Waals surface area contributed by atoms with Crippen LogP contribution in [-0.2, 0) is 11.3 Å². The summed E-state index contributed by atoms with van der Waals surface area (Å²) in [5.41, 5.74) is 0.299. The predicted molar refractivity (Wildman–Crippen MR) is 72.1 cm³/mol. The van der Waals surface area contributed by atoms with Crippen LogP contribution in [0.2, 0.25) is 0 Å².